The predicted octanol–water partition coefficient (Wildman–Crippen LogP) is 3.53. The Labute approximate surface area is 202 Å². The molecule has 2 aromatic rings. The number of benzene rings is 1. The Kier molecular flexibility index (Phi) is 6.44. The summed E-state index contributed by atoms with van der Waals surface area (Å²) in [4.78, 5) is 22.9. The Balaban J connectivity index is 0.00000259. The number of fused-ring (bicyclic) bond motifs is 2. The summed E-state index contributed by atoms with van der Waals surface area (Å²) < 4.78 is 10.8. The highest BCUT2D eigenvalue weighted by atomic mass is 35.5. The van der Waals surface area contributed by atoms with Crippen molar-refractivity contribution in [3.8, 4) is 22.9 Å². The number of hydrogen-bond acceptors (Lipinski definition) is 9. The van der Waals surface area contributed by atoms with Crippen LogP contribution >= 0.6 is 24.0 Å². The predicted molar refractivity (Wildman–Crippen MR) is 132 cm³/mol. The molecule has 3 heterocycles. The molecule has 11 heteroatoms. The molecule has 9 nitrogen and oxygen atoms in total. The summed E-state index contributed by atoms with van der Waals surface area (Å²) in [5.41, 5.74) is 8.61. The van der Waals surface area contributed by atoms with Gasteiger partial charge in [0.1, 0.15) is 5.82 Å². The van der Waals surface area contributed by atoms with E-state index in [1.54, 1.807) is 20.3 Å². The molecule has 1 aliphatic carbocycles. The summed E-state index contributed by atoms with van der Waals surface area (Å²) >= 11 is 6.05. The molecule has 0 amide bonds. The quantitative estimate of drug-likeness (QED) is 0.462. The first kappa shape index (κ1) is 22.9. The van der Waals surface area contributed by atoms with Crippen LogP contribution in [-0.4, -0.2) is 60.3 Å². The zero-order chi connectivity index (χ0) is 22.2. The van der Waals surface area contributed by atoms with Crippen molar-refractivity contribution < 1.29 is 9.47 Å². The molecule has 0 spiro atoms. The minimum Gasteiger partial charge on any atom is -0.493 e. The second-order valence-corrected chi connectivity index (χ2v) is 7.89. The van der Waals surface area contributed by atoms with Crippen LogP contribution in [0.1, 0.15) is 0 Å². The SMILES string of the molecule is COc1cc2nc(N3CCN(c4nc5ccc(Cl)ccc-5n4)CC3)nc(N)c2cc1OC.Cl. The minimum absolute atomic E-state index is 0. The van der Waals surface area contributed by atoms with E-state index in [0.29, 0.717) is 33.8 Å². The maximum absolute atomic E-state index is 6.25. The smallest absolute Gasteiger partial charge is 0.228 e. The Morgan fingerprint density at radius 1 is 0.788 bits per heavy atom. The molecule has 172 valence electrons. The van der Waals surface area contributed by atoms with Gasteiger partial charge in [-0.1, -0.05) is 11.6 Å². The number of rotatable bonds is 4. The summed E-state index contributed by atoms with van der Waals surface area (Å²) in [7, 11) is 3.18. The number of piperazine rings is 1. The average Bonchev–Trinajstić information content (AvgIpc) is 3.15. The van der Waals surface area contributed by atoms with Gasteiger partial charge in [-0.3, -0.25) is 0 Å². The van der Waals surface area contributed by atoms with Gasteiger partial charge in [-0.2, -0.15) is 4.98 Å². The van der Waals surface area contributed by atoms with Crippen LogP contribution in [0.25, 0.3) is 22.3 Å². The summed E-state index contributed by atoms with van der Waals surface area (Å²) in [6, 6.07) is 11.1. The van der Waals surface area contributed by atoms with Crippen LogP contribution < -0.4 is 25.0 Å². The summed E-state index contributed by atoms with van der Waals surface area (Å²) in [6.07, 6.45) is 0. The molecule has 5 rings (SSSR count). The highest BCUT2D eigenvalue weighted by Crippen LogP contribution is 2.34. The van der Waals surface area contributed by atoms with Crippen molar-refractivity contribution in [2.24, 2.45) is 0 Å². The number of methoxy groups -OCH3 is 2. The van der Waals surface area contributed by atoms with Gasteiger partial charge >= 0.3 is 0 Å². The third kappa shape index (κ3) is 4.34. The Bertz CT molecular complexity index is 1230. The Hall–Kier alpha value is -3.30. The van der Waals surface area contributed by atoms with Gasteiger partial charge in [-0.25, -0.2) is 15.0 Å². The van der Waals surface area contributed by atoms with Crippen molar-refractivity contribution in [1.82, 2.24) is 19.9 Å². The van der Waals surface area contributed by atoms with E-state index < -0.39 is 0 Å². The van der Waals surface area contributed by atoms with E-state index in [9.17, 15) is 0 Å². The standard InChI is InChI=1S/C22H22ClN7O2.ClH/c1-31-18-11-14-17(12-19(18)32-2)27-22(28-20(14)24)30-9-7-29(8-10-30)21-25-15-5-3-13(23)4-6-16(15)26-21;/h3-6,11-12H,7-10H2,1-2H3,(H2,24,27,28);1H. The number of hydrogen-bond donors (Lipinski definition) is 1. The first-order valence-electron chi connectivity index (χ1n) is 10.2. The van der Waals surface area contributed by atoms with Gasteiger partial charge in [-0.15, -0.1) is 12.4 Å². The Morgan fingerprint density at radius 2 is 1.30 bits per heavy atom. The van der Waals surface area contributed by atoms with Gasteiger partial charge in [0, 0.05) is 42.7 Å². The molecule has 1 aromatic heterocycles. The van der Waals surface area contributed by atoms with Crippen LogP contribution in [-0.2, 0) is 0 Å². The topological polar surface area (TPSA) is 103 Å². The average molecular weight is 488 g/mol. The van der Waals surface area contributed by atoms with E-state index in [2.05, 4.69) is 24.8 Å². The molecule has 0 saturated carbocycles. The van der Waals surface area contributed by atoms with E-state index in [1.807, 2.05) is 30.3 Å². The third-order valence-electron chi connectivity index (χ3n) is 5.57. The third-order valence-corrected chi connectivity index (χ3v) is 5.82. The molecule has 0 radical (unpaired) electrons. The summed E-state index contributed by atoms with van der Waals surface area (Å²) in [5, 5.41) is 1.39. The molecule has 1 aromatic carbocycles. The maximum Gasteiger partial charge on any atom is 0.228 e. The number of nitrogens with two attached hydrogens (primary N) is 1. The van der Waals surface area contributed by atoms with E-state index in [1.165, 1.54) is 0 Å². The molecule has 0 atom stereocenters. The monoisotopic (exact) mass is 487 g/mol. The van der Waals surface area contributed by atoms with E-state index in [0.717, 1.165) is 48.9 Å². The van der Waals surface area contributed by atoms with Gasteiger partial charge in [0.2, 0.25) is 11.9 Å². The molecule has 2 aliphatic heterocycles. The molecule has 33 heavy (non-hydrogen) atoms. The molecular formula is C22H23Cl2N7O2. The van der Waals surface area contributed by atoms with E-state index in [4.69, 9.17) is 31.8 Å². The van der Waals surface area contributed by atoms with Gasteiger partial charge in [0.05, 0.1) is 31.1 Å². The number of imidazole rings is 1. The second-order valence-electron chi connectivity index (χ2n) is 7.45. The fourth-order valence-electron chi connectivity index (χ4n) is 3.83. The van der Waals surface area contributed by atoms with Crippen LogP contribution in [0.5, 0.6) is 11.5 Å². The molecule has 1 saturated heterocycles. The summed E-state index contributed by atoms with van der Waals surface area (Å²) in [6.45, 7) is 2.94. The van der Waals surface area contributed by atoms with Crippen LogP contribution in [0.3, 0.4) is 0 Å². The summed E-state index contributed by atoms with van der Waals surface area (Å²) in [5.74, 6) is 2.92. The first-order chi connectivity index (χ1) is 15.6. The van der Waals surface area contributed by atoms with Gasteiger partial charge < -0.3 is 25.0 Å². The number of halogens is 2. The minimum atomic E-state index is 0. The molecule has 1 fully saturated rings. The fourth-order valence-corrected chi connectivity index (χ4v) is 3.95. The lowest BCUT2D eigenvalue weighted by Gasteiger charge is -2.34. The normalized spacial score (nSPS) is 13.8. The van der Waals surface area contributed by atoms with Crippen LogP contribution in [0.4, 0.5) is 17.7 Å². The van der Waals surface area contributed by atoms with Gasteiger partial charge in [0.25, 0.3) is 0 Å². The number of ether oxygens (including phenoxy) is 2. The van der Waals surface area contributed by atoms with Gasteiger partial charge in [-0.05, 0) is 30.3 Å². The van der Waals surface area contributed by atoms with Crippen molar-refractivity contribution in [2.45, 2.75) is 0 Å². The zero-order valence-electron chi connectivity index (χ0n) is 18.2. The molecular weight excluding hydrogens is 465 g/mol. The second kappa shape index (κ2) is 9.29. The highest BCUT2D eigenvalue weighted by molar-refractivity contribution is 6.30. The maximum atomic E-state index is 6.25. The lowest BCUT2D eigenvalue weighted by molar-refractivity contribution is 0.356. The van der Waals surface area contributed by atoms with Gasteiger partial charge in [0.15, 0.2) is 11.5 Å². The lowest BCUT2D eigenvalue weighted by atomic mass is 10.2. The number of nitrogens with zero attached hydrogens (tertiary/aromatic N) is 6. The van der Waals surface area contributed by atoms with E-state index in [-0.39, 0.29) is 12.4 Å². The first-order valence-corrected chi connectivity index (χ1v) is 10.6. The van der Waals surface area contributed by atoms with Crippen LogP contribution in [0.15, 0.2) is 36.4 Å². The zero-order valence-corrected chi connectivity index (χ0v) is 19.7. The fraction of sp³-hybridized carbons (Fsp3) is 0.273. The molecule has 2 N–H and O–H groups in total. The van der Waals surface area contributed by atoms with Crippen LogP contribution in [0, 0.1) is 0 Å². The lowest BCUT2D eigenvalue weighted by Crippen LogP contribution is -2.47. The van der Waals surface area contributed by atoms with Crippen molar-refractivity contribution in [2.75, 3.05) is 55.9 Å². The van der Waals surface area contributed by atoms with Crippen LogP contribution in [0.2, 0.25) is 5.02 Å². The van der Waals surface area contributed by atoms with Crippen molar-refractivity contribution in [3.63, 3.8) is 0 Å². The largest absolute Gasteiger partial charge is 0.493 e. The van der Waals surface area contributed by atoms with Crippen molar-refractivity contribution in [1.29, 1.82) is 0 Å². The molecule has 0 bridgehead atoms. The molecule has 3 aliphatic rings. The van der Waals surface area contributed by atoms with E-state index >= 15 is 0 Å². The Morgan fingerprint density at radius 3 is 1.85 bits per heavy atom. The van der Waals surface area contributed by atoms with Crippen molar-refractivity contribution >= 4 is 52.6 Å². The number of aromatic nitrogens is 4. The highest BCUT2D eigenvalue weighted by Gasteiger charge is 2.24. The van der Waals surface area contributed by atoms with Crippen molar-refractivity contribution in [3.05, 3.63) is 41.4 Å². The number of anilines is 3. The molecule has 0 unspecified atom stereocenters. The number of nitrogen functional groups attached to an aromatic ring is 1.